The molecule has 0 atom stereocenters. The fraction of sp³-hybridized carbons (Fsp3) is 0.367. The van der Waals surface area contributed by atoms with Crippen LogP contribution in [0.4, 0.5) is 4.79 Å². The molecule has 0 unspecified atom stereocenters. The van der Waals surface area contributed by atoms with E-state index >= 15 is 0 Å². The van der Waals surface area contributed by atoms with E-state index in [1.54, 1.807) is 11.1 Å². The minimum Gasteiger partial charge on any atom is -0.480 e. The van der Waals surface area contributed by atoms with Crippen molar-refractivity contribution in [3.05, 3.63) is 88.2 Å². The van der Waals surface area contributed by atoms with E-state index in [0.29, 0.717) is 19.7 Å². The Bertz CT molecular complexity index is 1310. The molecule has 1 saturated heterocycles. The van der Waals surface area contributed by atoms with Crippen molar-refractivity contribution in [2.24, 2.45) is 5.41 Å². The summed E-state index contributed by atoms with van der Waals surface area (Å²) in [6, 6.07) is 20.4. The van der Waals surface area contributed by atoms with Crippen molar-refractivity contribution in [3.63, 3.8) is 0 Å². The topological polar surface area (TPSA) is 89.0 Å². The molecule has 196 valence electrons. The van der Waals surface area contributed by atoms with Crippen molar-refractivity contribution < 1.29 is 24.2 Å². The summed E-state index contributed by atoms with van der Waals surface area (Å²) < 4.78 is 12.5. The lowest BCUT2D eigenvalue weighted by atomic mass is 9.53. The highest BCUT2D eigenvalue weighted by Crippen LogP contribution is 2.61. The van der Waals surface area contributed by atoms with E-state index in [2.05, 4.69) is 45.2 Å². The standard InChI is InChI=1S/C30H29BrN2O5/c31-26-10-9-20(15-32-26)30(38-17-27(34)35)18-29(19-30)11-13-33(14-12-29)28(36)37-16-25-23-7-3-1-5-21(23)22-6-2-4-8-24(22)25/h1-10,15,25H,11-14,16-19H2,(H,34,35). The average Bonchev–Trinajstić information content (AvgIpc) is 3.23. The second-order valence-corrected chi connectivity index (χ2v) is 11.5. The van der Waals surface area contributed by atoms with Gasteiger partial charge in [-0.05, 0) is 75.3 Å². The SMILES string of the molecule is O=C(O)COC1(c2ccc(Br)nc2)CC2(CCN(C(=O)OCC3c4ccccc4-c4ccccc43)CC2)C1. The highest BCUT2D eigenvalue weighted by molar-refractivity contribution is 9.10. The molecular formula is C30H29BrN2O5. The predicted molar refractivity (Wildman–Crippen MR) is 145 cm³/mol. The molecule has 2 fully saturated rings. The Kier molecular flexibility index (Phi) is 6.48. The Morgan fingerprint density at radius 2 is 1.61 bits per heavy atom. The number of hydrogen-bond acceptors (Lipinski definition) is 5. The maximum atomic E-state index is 13.1. The van der Waals surface area contributed by atoms with Crippen LogP contribution in [0.25, 0.3) is 11.1 Å². The fourth-order valence-electron chi connectivity index (χ4n) is 6.60. The Hall–Kier alpha value is -3.23. The molecule has 1 amide bonds. The molecule has 38 heavy (non-hydrogen) atoms. The van der Waals surface area contributed by atoms with E-state index < -0.39 is 11.6 Å². The number of hydrogen-bond donors (Lipinski definition) is 1. The lowest BCUT2D eigenvalue weighted by Gasteiger charge is -2.58. The Morgan fingerprint density at radius 3 is 2.18 bits per heavy atom. The quantitative estimate of drug-likeness (QED) is 0.364. The highest BCUT2D eigenvalue weighted by atomic mass is 79.9. The van der Waals surface area contributed by atoms with Gasteiger partial charge in [0.25, 0.3) is 0 Å². The van der Waals surface area contributed by atoms with Crippen LogP contribution < -0.4 is 0 Å². The van der Waals surface area contributed by atoms with Gasteiger partial charge < -0.3 is 19.5 Å². The molecule has 3 aromatic rings. The predicted octanol–water partition coefficient (Wildman–Crippen LogP) is 5.97. The number of rotatable bonds is 6. The highest BCUT2D eigenvalue weighted by Gasteiger charge is 2.57. The molecule has 2 heterocycles. The monoisotopic (exact) mass is 576 g/mol. The largest absolute Gasteiger partial charge is 0.480 e. The van der Waals surface area contributed by atoms with Gasteiger partial charge in [-0.25, -0.2) is 14.6 Å². The van der Waals surface area contributed by atoms with Gasteiger partial charge >= 0.3 is 12.1 Å². The number of nitrogens with zero attached hydrogens (tertiary/aromatic N) is 2. The Balaban J connectivity index is 1.08. The number of fused-ring (bicyclic) bond motifs is 3. The molecule has 2 aliphatic carbocycles. The second kappa shape index (κ2) is 9.82. The number of halogens is 1. The first-order valence-electron chi connectivity index (χ1n) is 13.0. The number of piperidine rings is 1. The molecule has 1 aliphatic heterocycles. The van der Waals surface area contributed by atoms with Crippen LogP contribution in [0.1, 0.15) is 48.3 Å². The molecule has 2 aromatic carbocycles. The lowest BCUT2D eigenvalue weighted by molar-refractivity contribution is -0.198. The molecule has 1 N–H and O–H groups in total. The van der Waals surface area contributed by atoms with E-state index in [-0.39, 0.29) is 24.0 Å². The van der Waals surface area contributed by atoms with Gasteiger partial charge in [0.2, 0.25) is 0 Å². The minimum atomic E-state index is -0.986. The third-order valence-corrected chi connectivity index (χ3v) is 8.93. The lowest BCUT2D eigenvalue weighted by Crippen LogP contribution is -2.56. The molecule has 6 rings (SSSR count). The van der Waals surface area contributed by atoms with E-state index in [1.807, 2.05) is 36.4 Å². The summed E-state index contributed by atoms with van der Waals surface area (Å²) in [6.07, 6.45) is 4.58. The summed E-state index contributed by atoms with van der Waals surface area (Å²) in [4.78, 5) is 30.4. The first-order valence-corrected chi connectivity index (χ1v) is 13.8. The summed E-state index contributed by atoms with van der Waals surface area (Å²) in [6.45, 7) is 1.20. The minimum absolute atomic E-state index is 0.0195. The number of carboxylic acid groups (broad SMARTS) is 1. The summed E-state index contributed by atoms with van der Waals surface area (Å²) in [7, 11) is 0. The van der Waals surface area contributed by atoms with Crippen molar-refractivity contribution in [1.82, 2.24) is 9.88 Å². The fourth-order valence-corrected chi connectivity index (χ4v) is 6.83. The second-order valence-electron chi connectivity index (χ2n) is 10.7. The van der Waals surface area contributed by atoms with Crippen LogP contribution in [-0.4, -0.2) is 53.4 Å². The molecule has 0 radical (unpaired) electrons. The van der Waals surface area contributed by atoms with Gasteiger partial charge in [0.1, 0.15) is 17.8 Å². The number of carboxylic acids is 1. The number of pyridine rings is 1. The number of aliphatic carboxylic acids is 1. The van der Waals surface area contributed by atoms with Gasteiger partial charge in [0.05, 0.1) is 5.60 Å². The Labute approximate surface area is 229 Å². The molecule has 1 spiro atoms. The summed E-state index contributed by atoms with van der Waals surface area (Å²) in [5, 5.41) is 9.22. The van der Waals surface area contributed by atoms with Crippen molar-refractivity contribution >= 4 is 28.0 Å². The smallest absolute Gasteiger partial charge is 0.409 e. The maximum absolute atomic E-state index is 13.1. The first-order chi connectivity index (χ1) is 18.4. The van der Waals surface area contributed by atoms with Crippen LogP contribution in [0.3, 0.4) is 0 Å². The number of ether oxygens (including phenoxy) is 2. The molecule has 7 nitrogen and oxygen atoms in total. The van der Waals surface area contributed by atoms with E-state index in [4.69, 9.17) is 9.47 Å². The molecule has 1 saturated carbocycles. The van der Waals surface area contributed by atoms with Crippen LogP contribution in [-0.2, 0) is 19.9 Å². The van der Waals surface area contributed by atoms with Gasteiger partial charge in [-0.3, -0.25) is 0 Å². The van der Waals surface area contributed by atoms with E-state index in [0.717, 1.165) is 35.8 Å². The molecule has 0 bridgehead atoms. The van der Waals surface area contributed by atoms with E-state index in [1.165, 1.54) is 22.3 Å². The first kappa shape index (κ1) is 25.1. The third kappa shape index (κ3) is 4.50. The zero-order chi connectivity index (χ0) is 26.3. The zero-order valence-electron chi connectivity index (χ0n) is 20.9. The van der Waals surface area contributed by atoms with Crippen LogP contribution >= 0.6 is 15.9 Å². The summed E-state index contributed by atoms with van der Waals surface area (Å²) >= 11 is 3.36. The van der Waals surface area contributed by atoms with Gasteiger partial charge in [-0.15, -0.1) is 0 Å². The number of carbonyl (C=O) groups is 2. The van der Waals surface area contributed by atoms with Crippen molar-refractivity contribution in [2.45, 2.75) is 37.2 Å². The van der Waals surface area contributed by atoms with Gasteiger partial charge in [0.15, 0.2) is 0 Å². The van der Waals surface area contributed by atoms with Crippen molar-refractivity contribution in [2.75, 3.05) is 26.3 Å². The number of likely N-dealkylation sites (tertiary alicyclic amines) is 1. The van der Waals surface area contributed by atoms with Crippen molar-refractivity contribution in [1.29, 1.82) is 0 Å². The van der Waals surface area contributed by atoms with Crippen LogP contribution in [0, 0.1) is 5.41 Å². The van der Waals surface area contributed by atoms with Gasteiger partial charge in [-0.2, -0.15) is 0 Å². The summed E-state index contributed by atoms with van der Waals surface area (Å²) in [5.74, 6) is -0.943. The van der Waals surface area contributed by atoms with Crippen molar-refractivity contribution in [3.8, 4) is 11.1 Å². The Morgan fingerprint density at radius 1 is 0.974 bits per heavy atom. The van der Waals surface area contributed by atoms with Crippen LogP contribution in [0.2, 0.25) is 0 Å². The number of carbonyl (C=O) groups excluding carboxylic acids is 1. The summed E-state index contributed by atoms with van der Waals surface area (Å²) in [5.41, 5.74) is 5.09. The molecule has 8 heteroatoms. The molecule has 1 aromatic heterocycles. The maximum Gasteiger partial charge on any atom is 0.409 e. The molecular weight excluding hydrogens is 548 g/mol. The molecule has 3 aliphatic rings. The van der Waals surface area contributed by atoms with E-state index in [9.17, 15) is 14.7 Å². The third-order valence-electron chi connectivity index (χ3n) is 8.46. The zero-order valence-corrected chi connectivity index (χ0v) is 22.5. The van der Waals surface area contributed by atoms with Crippen LogP contribution in [0.15, 0.2) is 71.5 Å². The normalized spacial score (nSPS) is 18.9. The average molecular weight is 577 g/mol. The van der Waals surface area contributed by atoms with Crippen LogP contribution in [0.5, 0.6) is 0 Å². The number of aromatic nitrogens is 1. The van der Waals surface area contributed by atoms with Gasteiger partial charge in [0, 0.05) is 30.8 Å². The van der Waals surface area contributed by atoms with Gasteiger partial charge in [-0.1, -0.05) is 54.6 Å². The number of amides is 1. The number of benzene rings is 2.